The summed E-state index contributed by atoms with van der Waals surface area (Å²) in [6, 6.07) is 7.55. The number of fused-ring (bicyclic) bond motifs is 1. The van der Waals surface area contributed by atoms with Gasteiger partial charge in [0.15, 0.2) is 5.69 Å². The molecule has 6 nitrogen and oxygen atoms in total. The van der Waals surface area contributed by atoms with E-state index in [0.717, 1.165) is 16.7 Å². The average Bonchev–Trinajstić information content (AvgIpc) is 3.07. The lowest BCUT2D eigenvalue weighted by molar-refractivity contribution is 0.0950. The maximum absolute atomic E-state index is 12.0. The van der Waals surface area contributed by atoms with E-state index in [-0.39, 0.29) is 5.91 Å². The Bertz CT molecular complexity index is 686. The molecule has 0 aliphatic heterocycles. The van der Waals surface area contributed by atoms with Crippen LogP contribution >= 0.6 is 0 Å². The molecule has 96 valence electrons. The third kappa shape index (κ3) is 2.33. The van der Waals surface area contributed by atoms with Gasteiger partial charge in [-0.05, 0) is 6.07 Å². The van der Waals surface area contributed by atoms with E-state index >= 15 is 0 Å². The SMILES string of the molecule is O=C(NCCc1ncc[nH]1)c1n[nH]c2ccccc12. The fourth-order valence-corrected chi connectivity index (χ4v) is 1.95. The lowest BCUT2D eigenvalue weighted by Gasteiger charge is -2.01. The molecule has 2 aromatic heterocycles. The van der Waals surface area contributed by atoms with Crippen molar-refractivity contribution in [2.75, 3.05) is 6.54 Å². The highest BCUT2D eigenvalue weighted by Crippen LogP contribution is 2.14. The van der Waals surface area contributed by atoms with Crippen LogP contribution in [0.15, 0.2) is 36.7 Å². The minimum Gasteiger partial charge on any atom is -0.350 e. The first-order valence-electron chi connectivity index (χ1n) is 6.04. The van der Waals surface area contributed by atoms with Crippen molar-refractivity contribution in [3.05, 3.63) is 48.2 Å². The molecule has 0 saturated heterocycles. The first-order valence-corrected chi connectivity index (χ1v) is 6.04. The van der Waals surface area contributed by atoms with Crippen molar-refractivity contribution in [3.63, 3.8) is 0 Å². The van der Waals surface area contributed by atoms with Gasteiger partial charge in [-0.3, -0.25) is 9.89 Å². The summed E-state index contributed by atoms with van der Waals surface area (Å²) >= 11 is 0. The molecule has 0 radical (unpaired) electrons. The molecule has 1 aromatic carbocycles. The summed E-state index contributed by atoms with van der Waals surface area (Å²) in [6.07, 6.45) is 4.12. The van der Waals surface area contributed by atoms with Crippen LogP contribution in [-0.2, 0) is 6.42 Å². The number of aromatic nitrogens is 4. The number of imidazole rings is 1. The second kappa shape index (κ2) is 4.93. The van der Waals surface area contributed by atoms with Crippen LogP contribution in [0.5, 0.6) is 0 Å². The number of benzene rings is 1. The number of carbonyl (C=O) groups is 1. The average molecular weight is 255 g/mol. The van der Waals surface area contributed by atoms with Gasteiger partial charge in [-0.15, -0.1) is 0 Å². The predicted molar refractivity (Wildman–Crippen MR) is 70.7 cm³/mol. The van der Waals surface area contributed by atoms with Gasteiger partial charge in [0.1, 0.15) is 5.82 Å². The number of aromatic amines is 2. The summed E-state index contributed by atoms with van der Waals surface area (Å²) in [6.45, 7) is 0.521. The Morgan fingerprint density at radius 3 is 3.05 bits per heavy atom. The molecule has 19 heavy (non-hydrogen) atoms. The van der Waals surface area contributed by atoms with Gasteiger partial charge in [-0.2, -0.15) is 5.10 Å². The van der Waals surface area contributed by atoms with E-state index < -0.39 is 0 Å². The number of para-hydroxylation sites is 1. The van der Waals surface area contributed by atoms with E-state index in [4.69, 9.17) is 0 Å². The number of H-pyrrole nitrogens is 2. The van der Waals surface area contributed by atoms with Crippen molar-refractivity contribution in [2.45, 2.75) is 6.42 Å². The van der Waals surface area contributed by atoms with E-state index in [1.807, 2.05) is 24.3 Å². The van der Waals surface area contributed by atoms with Gasteiger partial charge in [0.2, 0.25) is 0 Å². The van der Waals surface area contributed by atoms with Crippen molar-refractivity contribution < 1.29 is 4.79 Å². The topological polar surface area (TPSA) is 86.5 Å². The third-order valence-electron chi connectivity index (χ3n) is 2.89. The summed E-state index contributed by atoms with van der Waals surface area (Å²) in [5.41, 5.74) is 1.29. The number of hydrogen-bond donors (Lipinski definition) is 3. The highest BCUT2D eigenvalue weighted by molar-refractivity contribution is 6.04. The lowest BCUT2D eigenvalue weighted by Crippen LogP contribution is -2.26. The fourth-order valence-electron chi connectivity index (χ4n) is 1.95. The quantitative estimate of drug-likeness (QED) is 0.656. The van der Waals surface area contributed by atoms with Gasteiger partial charge >= 0.3 is 0 Å². The predicted octanol–water partition coefficient (Wildman–Crippen LogP) is 1.26. The Morgan fingerprint density at radius 1 is 1.32 bits per heavy atom. The zero-order valence-electron chi connectivity index (χ0n) is 10.2. The van der Waals surface area contributed by atoms with Gasteiger partial charge in [-0.25, -0.2) is 4.98 Å². The number of amides is 1. The van der Waals surface area contributed by atoms with Crippen molar-refractivity contribution >= 4 is 16.8 Å². The maximum atomic E-state index is 12.0. The monoisotopic (exact) mass is 255 g/mol. The molecule has 6 heteroatoms. The van der Waals surface area contributed by atoms with Crippen LogP contribution in [0.3, 0.4) is 0 Å². The summed E-state index contributed by atoms with van der Waals surface area (Å²) < 4.78 is 0. The normalized spacial score (nSPS) is 10.7. The van der Waals surface area contributed by atoms with Crippen molar-refractivity contribution in [1.82, 2.24) is 25.5 Å². The molecule has 0 unspecified atom stereocenters. The molecule has 3 N–H and O–H groups in total. The van der Waals surface area contributed by atoms with E-state index in [0.29, 0.717) is 18.7 Å². The molecule has 0 fully saturated rings. The zero-order chi connectivity index (χ0) is 13.1. The minimum atomic E-state index is -0.177. The first-order chi connectivity index (χ1) is 9.34. The summed E-state index contributed by atoms with van der Waals surface area (Å²) in [5, 5.41) is 10.6. The van der Waals surface area contributed by atoms with Gasteiger partial charge in [0.05, 0.1) is 5.52 Å². The Kier molecular flexibility index (Phi) is 2.97. The Hall–Kier alpha value is -2.63. The lowest BCUT2D eigenvalue weighted by atomic mass is 10.2. The second-order valence-corrected chi connectivity index (χ2v) is 4.16. The zero-order valence-corrected chi connectivity index (χ0v) is 10.2. The highest BCUT2D eigenvalue weighted by atomic mass is 16.1. The summed E-state index contributed by atoms with van der Waals surface area (Å²) in [5.74, 6) is 0.677. The molecule has 0 bridgehead atoms. The first kappa shape index (κ1) is 11.5. The van der Waals surface area contributed by atoms with Crippen LogP contribution in [0.25, 0.3) is 10.9 Å². The number of nitrogens with zero attached hydrogens (tertiary/aromatic N) is 2. The molecule has 3 aromatic rings. The Morgan fingerprint density at radius 2 is 2.21 bits per heavy atom. The van der Waals surface area contributed by atoms with Crippen LogP contribution in [0.1, 0.15) is 16.3 Å². The molecular formula is C13H13N5O. The van der Waals surface area contributed by atoms with E-state index in [9.17, 15) is 4.79 Å². The van der Waals surface area contributed by atoms with Crippen LogP contribution in [0.2, 0.25) is 0 Å². The van der Waals surface area contributed by atoms with Crippen molar-refractivity contribution in [3.8, 4) is 0 Å². The molecule has 0 saturated carbocycles. The van der Waals surface area contributed by atoms with Gasteiger partial charge in [0.25, 0.3) is 5.91 Å². The van der Waals surface area contributed by atoms with E-state index in [2.05, 4.69) is 25.5 Å². The molecule has 0 spiro atoms. The second-order valence-electron chi connectivity index (χ2n) is 4.16. The standard InChI is InChI=1S/C13H13N5O/c19-13(16-6-5-11-14-7-8-15-11)12-9-3-1-2-4-10(9)17-18-12/h1-4,7-8H,5-6H2,(H,14,15)(H,16,19)(H,17,18). The molecule has 2 heterocycles. The molecule has 0 atom stereocenters. The fraction of sp³-hybridized carbons (Fsp3) is 0.154. The third-order valence-corrected chi connectivity index (χ3v) is 2.89. The van der Waals surface area contributed by atoms with Crippen LogP contribution in [-0.4, -0.2) is 32.6 Å². The smallest absolute Gasteiger partial charge is 0.272 e. The van der Waals surface area contributed by atoms with Crippen LogP contribution in [0, 0.1) is 0 Å². The molecule has 0 aliphatic carbocycles. The van der Waals surface area contributed by atoms with Crippen LogP contribution < -0.4 is 5.32 Å². The number of carbonyl (C=O) groups excluding carboxylic acids is 1. The Labute approximate surface area is 109 Å². The van der Waals surface area contributed by atoms with Crippen LogP contribution in [0.4, 0.5) is 0 Å². The summed E-state index contributed by atoms with van der Waals surface area (Å²) in [7, 11) is 0. The highest BCUT2D eigenvalue weighted by Gasteiger charge is 2.12. The van der Waals surface area contributed by atoms with Gasteiger partial charge < -0.3 is 10.3 Å². The van der Waals surface area contributed by atoms with Gasteiger partial charge in [-0.1, -0.05) is 18.2 Å². The molecule has 0 aliphatic rings. The van der Waals surface area contributed by atoms with E-state index in [1.54, 1.807) is 12.4 Å². The van der Waals surface area contributed by atoms with E-state index in [1.165, 1.54) is 0 Å². The largest absolute Gasteiger partial charge is 0.350 e. The molecule has 3 rings (SSSR count). The van der Waals surface area contributed by atoms with Crippen molar-refractivity contribution in [1.29, 1.82) is 0 Å². The number of nitrogens with one attached hydrogen (secondary N) is 3. The van der Waals surface area contributed by atoms with Crippen molar-refractivity contribution in [2.24, 2.45) is 0 Å². The summed E-state index contributed by atoms with van der Waals surface area (Å²) in [4.78, 5) is 19.1. The minimum absolute atomic E-state index is 0.177. The maximum Gasteiger partial charge on any atom is 0.272 e. The molecule has 1 amide bonds. The van der Waals surface area contributed by atoms with Gasteiger partial charge in [0, 0.05) is 30.7 Å². The Balaban J connectivity index is 1.67. The molecular weight excluding hydrogens is 242 g/mol. The number of hydrogen-bond acceptors (Lipinski definition) is 3. The number of rotatable bonds is 4.